The highest BCUT2D eigenvalue weighted by molar-refractivity contribution is 6.38. The van der Waals surface area contributed by atoms with Crippen molar-refractivity contribution in [3.8, 4) is 0 Å². The van der Waals surface area contributed by atoms with Crippen LogP contribution in [0.4, 0.5) is 0 Å². The molecule has 3 amide bonds. The maximum Gasteiger partial charge on any atom is 0.313 e. The first kappa shape index (κ1) is 23.3. The first-order chi connectivity index (χ1) is 13.5. The molecule has 2 rings (SSSR count). The predicted molar refractivity (Wildman–Crippen MR) is 107 cm³/mol. The van der Waals surface area contributed by atoms with E-state index < -0.39 is 29.4 Å². The first-order valence-corrected chi connectivity index (χ1v) is 10.7. The van der Waals surface area contributed by atoms with Gasteiger partial charge in [0.1, 0.15) is 6.04 Å². The molecule has 0 radical (unpaired) electrons. The van der Waals surface area contributed by atoms with Crippen molar-refractivity contribution >= 4 is 23.5 Å². The van der Waals surface area contributed by atoms with E-state index in [1.54, 1.807) is 25.7 Å². The Kier molecular flexibility index (Phi) is 7.80. The van der Waals surface area contributed by atoms with Crippen LogP contribution in [-0.2, 0) is 24.0 Å². The van der Waals surface area contributed by atoms with Gasteiger partial charge in [-0.1, -0.05) is 26.2 Å². The second-order valence-corrected chi connectivity index (χ2v) is 9.15. The summed E-state index contributed by atoms with van der Waals surface area (Å²) in [5.74, 6) is -1.77. The Labute approximate surface area is 173 Å². The minimum atomic E-state index is -0.937. The number of nitrogens with zero attached hydrogens (tertiary/aromatic N) is 1. The molecule has 1 saturated carbocycles. The van der Waals surface area contributed by atoms with Crippen molar-refractivity contribution in [2.75, 3.05) is 0 Å². The van der Waals surface area contributed by atoms with Crippen molar-refractivity contribution in [3.05, 3.63) is 0 Å². The number of nitrogens with one attached hydrogen (secondary N) is 2. The third kappa shape index (κ3) is 6.01. The minimum Gasteiger partial charge on any atom is -0.344 e. The van der Waals surface area contributed by atoms with Gasteiger partial charge in [0, 0.05) is 13.0 Å². The number of carbonyl (C=O) groups excluding carboxylic acids is 4. The van der Waals surface area contributed by atoms with Gasteiger partial charge in [-0.15, -0.1) is 0 Å². The van der Waals surface area contributed by atoms with E-state index in [-0.39, 0.29) is 17.9 Å². The van der Waals surface area contributed by atoms with Gasteiger partial charge in [-0.05, 0) is 52.4 Å². The van der Waals surface area contributed by atoms with Crippen molar-refractivity contribution in [2.45, 2.75) is 103 Å². The first-order valence-electron chi connectivity index (χ1n) is 10.7. The number of hydroxylamine groups is 1. The standard InChI is InChI=1S/C21H35N3O5/c1-6-9-15(18(26)20(28)23-29-21(3,4)5)22-19(27)17-12-14-10-7-8-11-16(14)24(17)13(2)25/h14-17H,6-12H2,1-5H3,(H,22,27)(H,23,28)/t14-,15-,16-,17-/m0/s1. The van der Waals surface area contributed by atoms with Crippen LogP contribution in [0, 0.1) is 5.92 Å². The smallest absolute Gasteiger partial charge is 0.313 e. The van der Waals surface area contributed by atoms with Crippen LogP contribution < -0.4 is 10.8 Å². The van der Waals surface area contributed by atoms with Gasteiger partial charge in [0.2, 0.25) is 17.6 Å². The van der Waals surface area contributed by atoms with Crippen LogP contribution in [0.5, 0.6) is 0 Å². The highest BCUT2D eigenvalue weighted by Gasteiger charge is 2.47. The fraction of sp³-hybridized carbons (Fsp3) is 0.810. The summed E-state index contributed by atoms with van der Waals surface area (Å²) >= 11 is 0. The summed E-state index contributed by atoms with van der Waals surface area (Å²) in [7, 11) is 0. The van der Waals surface area contributed by atoms with Gasteiger partial charge in [-0.3, -0.25) is 24.0 Å². The number of rotatable bonds is 7. The average molecular weight is 410 g/mol. The Balaban J connectivity index is 2.07. The van der Waals surface area contributed by atoms with Gasteiger partial charge in [0.05, 0.1) is 11.6 Å². The summed E-state index contributed by atoms with van der Waals surface area (Å²) in [6.07, 6.45) is 5.68. The van der Waals surface area contributed by atoms with Crippen LogP contribution in [0.25, 0.3) is 0 Å². The molecule has 2 N–H and O–H groups in total. The molecule has 0 spiro atoms. The van der Waals surface area contributed by atoms with E-state index in [9.17, 15) is 19.2 Å². The third-order valence-electron chi connectivity index (χ3n) is 5.64. The topological polar surface area (TPSA) is 105 Å². The number of hydrogen-bond acceptors (Lipinski definition) is 5. The molecule has 8 nitrogen and oxygen atoms in total. The molecule has 2 fully saturated rings. The van der Waals surface area contributed by atoms with Gasteiger partial charge in [0.25, 0.3) is 0 Å². The lowest BCUT2D eigenvalue weighted by Gasteiger charge is -2.33. The quantitative estimate of drug-likeness (QED) is 0.493. The Hall–Kier alpha value is -1.96. The number of Topliss-reactive ketones (excluding diaryl/α,β-unsaturated/α-hetero) is 1. The molecule has 0 unspecified atom stereocenters. The Morgan fingerprint density at radius 3 is 2.38 bits per heavy atom. The average Bonchev–Trinajstić information content (AvgIpc) is 3.04. The summed E-state index contributed by atoms with van der Waals surface area (Å²) in [5, 5.41) is 2.73. The molecule has 0 aromatic heterocycles. The lowest BCUT2D eigenvalue weighted by molar-refractivity contribution is -0.155. The monoisotopic (exact) mass is 409 g/mol. The Morgan fingerprint density at radius 1 is 1.14 bits per heavy atom. The lowest BCUT2D eigenvalue weighted by Crippen LogP contribution is -2.54. The summed E-state index contributed by atoms with van der Waals surface area (Å²) < 4.78 is 0. The summed E-state index contributed by atoms with van der Waals surface area (Å²) in [6.45, 7) is 8.61. The van der Waals surface area contributed by atoms with Crippen molar-refractivity contribution < 1.29 is 24.0 Å². The fourth-order valence-corrected chi connectivity index (χ4v) is 4.38. The largest absolute Gasteiger partial charge is 0.344 e. The van der Waals surface area contributed by atoms with Crippen LogP contribution in [0.1, 0.15) is 79.6 Å². The highest BCUT2D eigenvalue weighted by Crippen LogP contribution is 2.39. The van der Waals surface area contributed by atoms with Crippen LogP contribution >= 0.6 is 0 Å². The second-order valence-electron chi connectivity index (χ2n) is 9.15. The zero-order valence-electron chi connectivity index (χ0n) is 18.2. The van der Waals surface area contributed by atoms with Crippen molar-refractivity contribution in [3.63, 3.8) is 0 Å². The summed E-state index contributed by atoms with van der Waals surface area (Å²) in [5.41, 5.74) is 1.53. The molecular formula is C21H35N3O5. The van der Waals surface area contributed by atoms with E-state index >= 15 is 0 Å². The number of amides is 3. The zero-order valence-corrected chi connectivity index (χ0v) is 18.2. The van der Waals surface area contributed by atoms with E-state index in [4.69, 9.17) is 4.84 Å². The Bertz CT molecular complexity index is 643. The molecule has 8 heteroatoms. The van der Waals surface area contributed by atoms with Crippen molar-refractivity contribution in [1.29, 1.82) is 0 Å². The molecule has 1 aliphatic carbocycles. The van der Waals surface area contributed by atoms with E-state index in [2.05, 4.69) is 10.8 Å². The Morgan fingerprint density at radius 2 is 1.79 bits per heavy atom. The molecule has 2 aliphatic rings. The molecule has 4 atom stereocenters. The van der Waals surface area contributed by atoms with E-state index in [0.29, 0.717) is 25.2 Å². The molecule has 29 heavy (non-hydrogen) atoms. The molecule has 1 aliphatic heterocycles. The third-order valence-corrected chi connectivity index (χ3v) is 5.64. The maximum absolute atomic E-state index is 13.0. The van der Waals surface area contributed by atoms with E-state index in [0.717, 1.165) is 25.7 Å². The second kappa shape index (κ2) is 9.69. The van der Waals surface area contributed by atoms with E-state index in [1.807, 2.05) is 6.92 Å². The van der Waals surface area contributed by atoms with E-state index in [1.165, 1.54) is 6.92 Å². The van der Waals surface area contributed by atoms with Crippen molar-refractivity contribution in [2.24, 2.45) is 5.92 Å². The van der Waals surface area contributed by atoms with Crippen LogP contribution in [0.2, 0.25) is 0 Å². The van der Waals surface area contributed by atoms with Gasteiger partial charge in [-0.25, -0.2) is 5.48 Å². The van der Waals surface area contributed by atoms with Crippen LogP contribution in [-0.4, -0.2) is 52.1 Å². The number of carbonyl (C=O) groups is 4. The number of ketones is 1. The molecule has 164 valence electrons. The molecule has 0 aromatic rings. The fourth-order valence-electron chi connectivity index (χ4n) is 4.38. The maximum atomic E-state index is 13.0. The minimum absolute atomic E-state index is 0.0980. The lowest BCUT2D eigenvalue weighted by atomic mass is 9.84. The SMILES string of the molecule is CCC[C@H](NC(=O)[C@@H]1C[C@@H]2CCCC[C@@H]2N1C(C)=O)C(=O)C(=O)NOC(C)(C)C. The highest BCUT2D eigenvalue weighted by atomic mass is 16.7. The molecule has 1 heterocycles. The molecule has 0 aromatic carbocycles. The zero-order chi connectivity index (χ0) is 21.8. The number of fused-ring (bicyclic) bond motifs is 1. The van der Waals surface area contributed by atoms with Gasteiger partial charge >= 0.3 is 5.91 Å². The van der Waals surface area contributed by atoms with Crippen LogP contribution in [0.15, 0.2) is 0 Å². The normalized spacial score (nSPS) is 25.1. The van der Waals surface area contributed by atoms with Crippen molar-refractivity contribution in [1.82, 2.24) is 15.7 Å². The van der Waals surface area contributed by atoms with Gasteiger partial charge in [-0.2, -0.15) is 0 Å². The van der Waals surface area contributed by atoms with Gasteiger partial charge in [0.15, 0.2) is 0 Å². The predicted octanol–water partition coefficient (Wildman–Crippen LogP) is 1.87. The molecular weight excluding hydrogens is 374 g/mol. The number of hydrogen-bond donors (Lipinski definition) is 2. The van der Waals surface area contributed by atoms with Crippen LogP contribution in [0.3, 0.4) is 0 Å². The molecule has 1 saturated heterocycles. The number of likely N-dealkylation sites (tertiary alicyclic amines) is 1. The molecule has 0 bridgehead atoms. The van der Waals surface area contributed by atoms with Gasteiger partial charge < -0.3 is 10.2 Å². The summed E-state index contributed by atoms with van der Waals surface area (Å²) in [4.78, 5) is 56.9. The summed E-state index contributed by atoms with van der Waals surface area (Å²) in [6, 6.07) is -1.42.